The molecule has 60 heavy (non-hydrogen) atoms. The van der Waals surface area contributed by atoms with Crippen LogP contribution in [-0.4, -0.2) is 58.5 Å². The van der Waals surface area contributed by atoms with Crippen LogP contribution in [0.2, 0.25) is 0 Å². The van der Waals surface area contributed by atoms with Gasteiger partial charge in [0.25, 0.3) is 11.2 Å². The summed E-state index contributed by atoms with van der Waals surface area (Å²) < 4.78 is 22.9. The van der Waals surface area contributed by atoms with E-state index in [9.17, 15) is 29.4 Å². The predicted octanol–water partition coefficient (Wildman–Crippen LogP) is 11.8. The molecule has 2 aliphatic rings. The topological polar surface area (TPSA) is 146 Å². The number of esters is 2. The highest BCUT2D eigenvalue weighted by Crippen LogP contribution is 2.39. The molecule has 2 fully saturated rings. The van der Waals surface area contributed by atoms with Gasteiger partial charge in [0.15, 0.2) is 0 Å². The summed E-state index contributed by atoms with van der Waals surface area (Å²) in [6.45, 7) is 7.93. The van der Waals surface area contributed by atoms with Crippen LogP contribution in [0.1, 0.15) is 164 Å². The first kappa shape index (κ1) is 48.1. The zero-order valence-electron chi connectivity index (χ0n) is 36.5. The molecule has 2 atom stereocenters. The van der Waals surface area contributed by atoms with Crippen molar-refractivity contribution in [2.45, 2.75) is 154 Å². The summed E-state index contributed by atoms with van der Waals surface area (Å²) in [4.78, 5) is 53.0. The Labute approximate surface area is 358 Å². The van der Waals surface area contributed by atoms with Crippen molar-refractivity contribution >= 4 is 23.9 Å². The first-order valence-corrected chi connectivity index (χ1v) is 22.7. The molecule has 2 saturated carbocycles. The Hall–Kier alpha value is -4.60. The second-order valence-corrected chi connectivity index (χ2v) is 16.8. The van der Waals surface area contributed by atoms with Gasteiger partial charge in [-0.15, -0.1) is 0 Å². The molecule has 10 nitrogen and oxygen atoms in total. The van der Waals surface area contributed by atoms with Gasteiger partial charge in [-0.25, -0.2) is 19.2 Å². The SMILES string of the molecule is CCCCCC1CCC(C=CCOc2ccc(C(=O)O[C@@](CC)(C(=O)O)[C@@](CC)(OC(=O)c3ccc(OCC=CC4CCC(CCCCC)CC4)cc3)C(=O)O)cc2)CC1. The Morgan fingerprint density at radius 3 is 1.20 bits per heavy atom. The fourth-order valence-corrected chi connectivity index (χ4v) is 8.91. The van der Waals surface area contributed by atoms with Gasteiger partial charge in [0, 0.05) is 12.8 Å². The van der Waals surface area contributed by atoms with E-state index in [2.05, 4.69) is 26.0 Å². The molecule has 0 amide bonds. The summed E-state index contributed by atoms with van der Waals surface area (Å²) in [5.41, 5.74) is -5.58. The second-order valence-electron chi connectivity index (χ2n) is 16.8. The van der Waals surface area contributed by atoms with E-state index in [4.69, 9.17) is 18.9 Å². The molecule has 0 spiro atoms. The summed E-state index contributed by atoms with van der Waals surface area (Å²) in [5, 5.41) is 21.1. The molecule has 0 saturated heterocycles. The van der Waals surface area contributed by atoms with E-state index in [1.807, 2.05) is 12.2 Å². The molecule has 0 unspecified atom stereocenters. The molecular formula is C50H70O10. The predicted molar refractivity (Wildman–Crippen MR) is 233 cm³/mol. The van der Waals surface area contributed by atoms with Crippen molar-refractivity contribution < 1.29 is 48.3 Å². The molecule has 0 bridgehead atoms. The number of carboxylic acid groups (broad SMARTS) is 2. The lowest BCUT2D eigenvalue weighted by molar-refractivity contribution is -0.209. The number of carboxylic acids is 2. The molecule has 0 aromatic heterocycles. The lowest BCUT2D eigenvalue weighted by atomic mass is 9.77. The largest absolute Gasteiger partial charge is 0.490 e. The van der Waals surface area contributed by atoms with Gasteiger partial charge in [0.1, 0.15) is 24.7 Å². The summed E-state index contributed by atoms with van der Waals surface area (Å²) in [5.74, 6) is -1.90. The average molecular weight is 831 g/mol. The zero-order valence-corrected chi connectivity index (χ0v) is 36.5. The van der Waals surface area contributed by atoms with E-state index in [0.717, 1.165) is 11.8 Å². The van der Waals surface area contributed by atoms with Gasteiger partial charge in [-0.1, -0.05) is 103 Å². The summed E-state index contributed by atoms with van der Waals surface area (Å²) in [7, 11) is 0. The molecule has 0 aliphatic heterocycles. The molecule has 0 radical (unpaired) electrons. The molecule has 10 heteroatoms. The fourth-order valence-electron chi connectivity index (χ4n) is 8.91. The highest BCUT2D eigenvalue weighted by molar-refractivity contribution is 5.99. The third-order valence-electron chi connectivity index (χ3n) is 12.8. The molecule has 2 aliphatic carbocycles. The standard InChI is InChI=1S/C50H70O10/c1-5-9-11-15-37-19-23-39(24-20-37)17-13-35-57-43-31-27-41(28-32-43)45(51)59-49(7-3,47(53)54)50(8-4,48(55)56)60-46(52)42-29-33-44(34-30-42)58-36-14-18-40-25-21-38(22-26-40)16-12-10-6-2/h13-14,17-18,27-34,37-40H,5-12,15-16,19-26,35-36H2,1-4H3,(H,53,54)(H,55,56)/t37?,38?,39?,40?,49-,50-/m0/s1. The Balaban J connectivity index is 1.32. The van der Waals surface area contributed by atoms with Gasteiger partial charge in [-0.2, -0.15) is 0 Å². The van der Waals surface area contributed by atoms with Gasteiger partial charge in [0.05, 0.1) is 11.1 Å². The monoisotopic (exact) mass is 830 g/mol. The Kier molecular flexibility index (Phi) is 19.7. The molecule has 330 valence electrons. The first-order chi connectivity index (χ1) is 29.0. The maximum absolute atomic E-state index is 13.5. The maximum atomic E-state index is 13.5. The number of carbonyl (C=O) groups excluding carboxylic acids is 2. The van der Waals surface area contributed by atoms with Crippen LogP contribution in [0.5, 0.6) is 11.5 Å². The van der Waals surface area contributed by atoms with Crippen LogP contribution in [-0.2, 0) is 19.1 Å². The van der Waals surface area contributed by atoms with Crippen LogP contribution >= 0.6 is 0 Å². The van der Waals surface area contributed by atoms with Crippen molar-refractivity contribution in [2.75, 3.05) is 13.2 Å². The normalized spacial score (nSPS) is 21.5. The van der Waals surface area contributed by atoms with Crippen molar-refractivity contribution in [2.24, 2.45) is 23.7 Å². The van der Waals surface area contributed by atoms with Gasteiger partial charge >= 0.3 is 23.9 Å². The second kappa shape index (κ2) is 24.6. The quantitative estimate of drug-likeness (QED) is 0.0563. The van der Waals surface area contributed by atoms with Crippen LogP contribution in [0.4, 0.5) is 0 Å². The average Bonchev–Trinajstić information content (AvgIpc) is 3.26. The van der Waals surface area contributed by atoms with E-state index >= 15 is 0 Å². The third kappa shape index (κ3) is 13.5. The number of unbranched alkanes of at least 4 members (excludes halogenated alkanes) is 4. The smallest absolute Gasteiger partial charge is 0.353 e. The van der Waals surface area contributed by atoms with Crippen molar-refractivity contribution in [3.8, 4) is 11.5 Å². The Bertz CT molecular complexity index is 1560. The molecule has 4 rings (SSSR count). The van der Waals surface area contributed by atoms with Crippen molar-refractivity contribution in [3.05, 3.63) is 84.0 Å². The number of allylic oxidation sites excluding steroid dienone is 2. The lowest BCUT2D eigenvalue weighted by Crippen LogP contribution is -2.67. The highest BCUT2D eigenvalue weighted by Gasteiger charge is 2.66. The number of benzene rings is 2. The van der Waals surface area contributed by atoms with E-state index in [1.54, 1.807) is 24.3 Å². The van der Waals surface area contributed by atoms with Crippen LogP contribution in [0, 0.1) is 23.7 Å². The minimum Gasteiger partial charge on any atom is -0.490 e. The summed E-state index contributed by atoms with van der Waals surface area (Å²) in [6.07, 6.45) is 27.8. The molecule has 0 heterocycles. The maximum Gasteiger partial charge on any atom is 0.353 e. The summed E-state index contributed by atoms with van der Waals surface area (Å²) >= 11 is 0. The minimum atomic E-state index is -2.77. The lowest BCUT2D eigenvalue weighted by Gasteiger charge is -2.42. The van der Waals surface area contributed by atoms with E-state index in [1.165, 1.54) is 141 Å². The fraction of sp³-hybridized carbons (Fsp3) is 0.600. The van der Waals surface area contributed by atoms with Crippen LogP contribution < -0.4 is 9.47 Å². The number of aliphatic carboxylic acids is 2. The van der Waals surface area contributed by atoms with Crippen LogP contribution in [0.25, 0.3) is 0 Å². The van der Waals surface area contributed by atoms with E-state index in [0.29, 0.717) is 36.5 Å². The molecule has 2 aromatic rings. The van der Waals surface area contributed by atoms with Crippen molar-refractivity contribution in [1.82, 2.24) is 0 Å². The number of hydrogen-bond acceptors (Lipinski definition) is 8. The van der Waals surface area contributed by atoms with E-state index < -0.39 is 47.9 Å². The Morgan fingerprint density at radius 2 is 0.900 bits per heavy atom. The van der Waals surface area contributed by atoms with Gasteiger partial charge in [-0.05, 0) is 124 Å². The third-order valence-corrected chi connectivity index (χ3v) is 12.8. The van der Waals surface area contributed by atoms with Gasteiger partial charge in [-0.3, -0.25) is 0 Å². The molecular weight excluding hydrogens is 761 g/mol. The highest BCUT2D eigenvalue weighted by atomic mass is 16.6. The zero-order chi connectivity index (χ0) is 43.4. The van der Waals surface area contributed by atoms with Crippen molar-refractivity contribution in [1.29, 1.82) is 0 Å². The molecule has 2 N–H and O–H groups in total. The number of ether oxygens (including phenoxy) is 4. The van der Waals surface area contributed by atoms with Crippen LogP contribution in [0.3, 0.4) is 0 Å². The minimum absolute atomic E-state index is 0.0231. The summed E-state index contributed by atoms with van der Waals surface area (Å²) in [6, 6.07) is 11.9. The number of hydrogen-bond donors (Lipinski definition) is 2. The number of carbonyl (C=O) groups is 4. The van der Waals surface area contributed by atoms with Gasteiger partial charge in [0.2, 0.25) is 0 Å². The first-order valence-electron chi connectivity index (χ1n) is 22.7. The Morgan fingerprint density at radius 1 is 0.550 bits per heavy atom. The van der Waals surface area contributed by atoms with Gasteiger partial charge < -0.3 is 29.2 Å². The van der Waals surface area contributed by atoms with Crippen molar-refractivity contribution in [3.63, 3.8) is 0 Å². The number of rotatable bonds is 25. The molecule has 2 aromatic carbocycles. The van der Waals surface area contributed by atoms with Crippen LogP contribution in [0.15, 0.2) is 72.8 Å². The van der Waals surface area contributed by atoms with E-state index in [-0.39, 0.29) is 11.1 Å².